The van der Waals surface area contributed by atoms with Crippen molar-refractivity contribution >= 4 is 39.1 Å². The molecule has 2 rings (SSSR count). The number of hydrogen-bond acceptors (Lipinski definition) is 2. The summed E-state index contributed by atoms with van der Waals surface area (Å²) in [4.78, 5) is 24.0. The first kappa shape index (κ1) is 17.2. The summed E-state index contributed by atoms with van der Waals surface area (Å²) < 4.78 is 0.736. The van der Waals surface area contributed by atoms with Gasteiger partial charge in [-0.3, -0.25) is 9.59 Å². The molecule has 4 nitrogen and oxygen atoms in total. The molecule has 2 N–H and O–H groups in total. The largest absolute Gasteiger partial charge is 0.318 e. The van der Waals surface area contributed by atoms with Crippen LogP contribution in [0.2, 0.25) is 0 Å². The average Bonchev–Trinajstić information content (AvgIpc) is 2.50. The number of nitrogens with one attached hydrogen (secondary N) is 2. The molecule has 5 heteroatoms. The molecule has 0 aliphatic rings. The van der Waals surface area contributed by atoms with Gasteiger partial charge in [-0.1, -0.05) is 32.0 Å². The second-order valence-corrected chi connectivity index (χ2v) is 6.52. The molecule has 2 aromatic rings. The molecule has 120 valence electrons. The van der Waals surface area contributed by atoms with Crippen molar-refractivity contribution < 1.29 is 9.59 Å². The third-order valence-corrected chi connectivity index (χ3v) is 4.07. The summed E-state index contributed by atoms with van der Waals surface area (Å²) in [5.74, 6) is -0.987. The molecule has 0 aliphatic heterocycles. The van der Waals surface area contributed by atoms with Crippen LogP contribution < -0.4 is 10.6 Å². The maximum absolute atomic E-state index is 12.0. The van der Waals surface area contributed by atoms with E-state index in [1.165, 1.54) is 5.56 Å². The molecule has 23 heavy (non-hydrogen) atoms. The van der Waals surface area contributed by atoms with Crippen LogP contribution in [0.3, 0.4) is 0 Å². The van der Waals surface area contributed by atoms with Crippen molar-refractivity contribution in [3.05, 3.63) is 58.1 Å². The van der Waals surface area contributed by atoms with Gasteiger partial charge in [0, 0.05) is 10.2 Å². The topological polar surface area (TPSA) is 58.2 Å². The van der Waals surface area contributed by atoms with Crippen LogP contribution in [-0.2, 0) is 9.59 Å². The summed E-state index contributed by atoms with van der Waals surface area (Å²) >= 11 is 3.37. The van der Waals surface area contributed by atoms with Gasteiger partial charge in [-0.05, 0) is 64.2 Å². The second kappa shape index (κ2) is 7.42. The Labute approximate surface area is 144 Å². The number of benzene rings is 2. The standard InChI is InChI=1S/C18H19BrN2O2/c1-11(2)13-5-7-14(8-6-13)20-17(22)18(23)21-16-9-4-12(3)10-15(16)19/h4-11H,1-3H3,(H,20,22)(H,21,23). The van der Waals surface area contributed by atoms with Crippen LogP contribution in [0.4, 0.5) is 11.4 Å². The van der Waals surface area contributed by atoms with E-state index in [9.17, 15) is 9.59 Å². The predicted octanol–water partition coefficient (Wildman–Crippen LogP) is 4.46. The molecule has 2 amide bonds. The lowest BCUT2D eigenvalue weighted by atomic mass is 10.0. The second-order valence-electron chi connectivity index (χ2n) is 5.67. The Morgan fingerprint density at radius 1 is 0.957 bits per heavy atom. The van der Waals surface area contributed by atoms with E-state index in [-0.39, 0.29) is 0 Å². The number of aryl methyl sites for hydroxylation is 1. The van der Waals surface area contributed by atoms with Crippen molar-refractivity contribution in [3.8, 4) is 0 Å². The predicted molar refractivity (Wildman–Crippen MR) is 96.7 cm³/mol. The fourth-order valence-electron chi connectivity index (χ4n) is 2.04. The lowest BCUT2D eigenvalue weighted by Crippen LogP contribution is -2.29. The highest BCUT2D eigenvalue weighted by atomic mass is 79.9. The van der Waals surface area contributed by atoms with Gasteiger partial charge < -0.3 is 10.6 Å². The Bertz CT molecular complexity index is 724. The van der Waals surface area contributed by atoms with E-state index in [0.29, 0.717) is 17.3 Å². The van der Waals surface area contributed by atoms with E-state index >= 15 is 0 Å². The van der Waals surface area contributed by atoms with E-state index in [0.717, 1.165) is 10.0 Å². The van der Waals surface area contributed by atoms with Gasteiger partial charge in [-0.15, -0.1) is 0 Å². The molecular formula is C18H19BrN2O2. The van der Waals surface area contributed by atoms with Crippen molar-refractivity contribution in [1.29, 1.82) is 0 Å². The zero-order valence-electron chi connectivity index (χ0n) is 13.3. The number of halogens is 1. The third kappa shape index (κ3) is 4.66. The number of carbonyl (C=O) groups is 2. The Balaban J connectivity index is 2.01. The van der Waals surface area contributed by atoms with Gasteiger partial charge in [0.1, 0.15) is 0 Å². The van der Waals surface area contributed by atoms with Crippen LogP contribution in [0.25, 0.3) is 0 Å². The number of carbonyl (C=O) groups excluding carboxylic acids is 2. The minimum Gasteiger partial charge on any atom is -0.318 e. The molecule has 2 aromatic carbocycles. The molecule has 0 heterocycles. The monoisotopic (exact) mass is 374 g/mol. The number of rotatable bonds is 3. The molecule has 0 atom stereocenters. The minimum atomic E-state index is -0.706. The van der Waals surface area contributed by atoms with Crippen molar-refractivity contribution in [2.24, 2.45) is 0 Å². The van der Waals surface area contributed by atoms with Crippen LogP contribution in [0.1, 0.15) is 30.9 Å². The van der Waals surface area contributed by atoms with Crippen molar-refractivity contribution in [1.82, 2.24) is 0 Å². The normalized spacial score (nSPS) is 10.5. The first-order valence-electron chi connectivity index (χ1n) is 7.35. The van der Waals surface area contributed by atoms with Gasteiger partial charge in [0.05, 0.1) is 5.69 Å². The Morgan fingerprint density at radius 3 is 2.13 bits per heavy atom. The first-order chi connectivity index (χ1) is 10.9. The highest BCUT2D eigenvalue weighted by molar-refractivity contribution is 9.10. The fourth-order valence-corrected chi connectivity index (χ4v) is 2.63. The zero-order valence-corrected chi connectivity index (χ0v) is 14.9. The van der Waals surface area contributed by atoms with Crippen LogP contribution in [0.5, 0.6) is 0 Å². The van der Waals surface area contributed by atoms with Gasteiger partial charge in [-0.25, -0.2) is 0 Å². The van der Waals surface area contributed by atoms with Crippen LogP contribution in [-0.4, -0.2) is 11.8 Å². The maximum Gasteiger partial charge on any atom is 0.314 e. The molecule has 0 aliphatic carbocycles. The fraction of sp³-hybridized carbons (Fsp3) is 0.222. The summed E-state index contributed by atoms with van der Waals surface area (Å²) in [6.45, 7) is 6.14. The van der Waals surface area contributed by atoms with Crippen LogP contribution >= 0.6 is 15.9 Å². The minimum absolute atomic E-state index is 0.418. The van der Waals surface area contributed by atoms with Crippen molar-refractivity contribution in [2.45, 2.75) is 26.7 Å². The SMILES string of the molecule is Cc1ccc(NC(=O)C(=O)Nc2ccc(C(C)C)cc2)c(Br)c1. The molecule has 0 radical (unpaired) electrons. The summed E-state index contributed by atoms with van der Waals surface area (Å²) in [5.41, 5.74) is 3.39. The molecule has 0 aromatic heterocycles. The molecule has 0 unspecified atom stereocenters. The van der Waals surface area contributed by atoms with Crippen molar-refractivity contribution in [3.63, 3.8) is 0 Å². The Hall–Kier alpha value is -2.14. The van der Waals surface area contributed by atoms with Gasteiger partial charge in [0.15, 0.2) is 0 Å². The highest BCUT2D eigenvalue weighted by Gasteiger charge is 2.15. The summed E-state index contributed by atoms with van der Waals surface area (Å²) in [7, 11) is 0. The third-order valence-electron chi connectivity index (χ3n) is 3.41. The van der Waals surface area contributed by atoms with Gasteiger partial charge >= 0.3 is 11.8 Å². The zero-order chi connectivity index (χ0) is 17.0. The molecule has 0 spiro atoms. The van der Waals surface area contributed by atoms with Crippen molar-refractivity contribution in [2.75, 3.05) is 10.6 Å². The van der Waals surface area contributed by atoms with E-state index in [2.05, 4.69) is 40.4 Å². The van der Waals surface area contributed by atoms with E-state index < -0.39 is 11.8 Å². The number of hydrogen-bond donors (Lipinski definition) is 2. The number of anilines is 2. The molecule has 0 fully saturated rings. The van der Waals surface area contributed by atoms with Crippen LogP contribution in [0.15, 0.2) is 46.9 Å². The molecule has 0 saturated carbocycles. The quantitative estimate of drug-likeness (QED) is 0.779. The van der Waals surface area contributed by atoms with Gasteiger partial charge in [0.25, 0.3) is 0 Å². The Morgan fingerprint density at radius 2 is 1.57 bits per heavy atom. The van der Waals surface area contributed by atoms with Gasteiger partial charge in [0.2, 0.25) is 0 Å². The maximum atomic E-state index is 12.0. The van der Waals surface area contributed by atoms with E-state index in [4.69, 9.17) is 0 Å². The Kier molecular flexibility index (Phi) is 5.55. The highest BCUT2D eigenvalue weighted by Crippen LogP contribution is 2.23. The molecule has 0 saturated heterocycles. The molecular weight excluding hydrogens is 356 g/mol. The van der Waals surface area contributed by atoms with E-state index in [1.807, 2.05) is 31.2 Å². The van der Waals surface area contributed by atoms with Crippen LogP contribution in [0, 0.1) is 6.92 Å². The number of amides is 2. The lowest BCUT2D eigenvalue weighted by Gasteiger charge is -2.10. The average molecular weight is 375 g/mol. The smallest absolute Gasteiger partial charge is 0.314 e. The summed E-state index contributed by atoms with van der Waals surface area (Å²) in [6, 6.07) is 13.0. The summed E-state index contributed by atoms with van der Waals surface area (Å²) in [6.07, 6.45) is 0. The van der Waals surface area contributed by atoms with Gasteiger partial charge in [-0.2, -0.15) is 0 Å². The molecule has 0 bridgehead atoms. The van der Waals surface area contributed by atoms with E-state index in [1.54, 1.807) is 18.2 Å². The first-order valence-corrected chi connectivity index (χ1v) is 8.14. The lowest BCUT2D eigenvalue weighted by molar-refractivity contribution is -0.133. The summed E-state index contributed by atoms with van der Waals surface area (Å²) in [5, 5.41) is 5.18.